The minimum atomic E-state index is -1.55. The van der Waals surface area contributed by atoms with Gasteiger partial charge in [0.05, 0.1) is 0 Å². The van der Waals surface area contributed by atoms with Crippen molar-refractivity contribution in [2.75, 3.05) is 0 Å². The second kappa shape index (κ2) is 4.86. The van der Waals surface area contributed by atoms with Crippen molar-refractivity contribution in [1.82, 2.24) is 9.97 Å². The molecule has 1 amide bonds. The van der Waals surface area contributed by atoms with Gasteiger partial charge in [0.2, 0.25) is 0 Å². The summed E-state index contributed by atoms with van der Waals surface area (Å²) < 4.78 is 0. The monoisotopic (exact) mass is 225 g/mol. The number of nitrogens with two attached hydrogens (primary N) is 3. The molecule has 0 aliphatic rings. The van der Waals surface area contributed by atoms with Gasteiger partial charge in [-0.2, -0.15) is 0 Å². The van der Waals surface area contributed by atoms with E-state index in [1.54, 1.807) is 6.20 Å². The summed E-state index contributed by atoms with van der Waals surface area (Å²) >= 11 is 0. The molecule has 0 bridgehead atoms. The number of Topliss-reactive ketones (excluding diaryl/α,β-unsaturated/α-hetero) is 1. The number of primary amides is 1. The minimum absolute atomic E-state index is 0.148. The average molecular weight is 225 g/mol. The third kappa shape index (κ3) is 3.14. The molecule has 16 heavy (non-hydrogen) atoms. The highest BCUT2D eigenvalue weighted by Gasteiger charge is 2.26. The molecule has 0 aromatic carbocycles. The van der Waals surface area contributed by atoms with Crippen LogP contribution in [0.3, 0.4) is 0 Å². The number of imidazole rings is 1. The van der Waals surface area contributed by atoms with Crippen molar-refractivity contribution in [2.24, 2.45) is 17.2 Å². The van der Waals surface area contributed by atoms with Crippen LogP contribution >= 0.6 is 0 Å². The number of amides is 1. The molecule has 0 unspecified atom stereocenters. The van der Waals surface area contributed by atoms with Gasteiger partial charge in [0.15, 0.2) is 11.6 Å². The lowest BCUT2D eigenvalue weighted by Crippen LogP contribution is -2.59. The van der Waals surface area contributed by atoms with Gasteiger partial charge in [-0.15, -0.1) is 0 Å². The van der Waals surface area contributed by atoms with Crippen LogP contribution in [0, 0.1) is 0 Å². The quantitative estimate of drug-likeness (QED) is 0.357. The Kier molecular flexibility index (Phi) is 3.75. The summed E-state index contributed by atoms with van der Waals surface area (Å²) in [6.45, 7) is 0. The summed E-state index contributed by atoms with van der Waals surface area (Å²) in [6.07, 6.45) is 3.82. The highest BCUT2D eigenvalue weighted by atomic mass is 16.2. The molecule has 7 nitrogen and oxygen atoms in total. The lowest BCUT2D eigenvalue weighted by atomic mass is 10.0. The Morgan fingerprint density at radius 3 is 2.62 bits per heavy atom. The maximum absolute atomic E-state index is 11.5. The van der Waals surface area contributed by atoms with Crippen LogP contribution in [-0.4, -0.2) is 27.3 Å². The molecule has 0 saturated heterocycles. The van der Waals surface area contributed by atoms with E-state index >= 15 is 0 Å². The van der Waals surface area contributed by atoms with Gasteiger partial charge >= 0.3 is 0 Å². The molecule has 0 radical (unpaired) electrons. The van der Waals surface area contributed by atoms with Crippen LogP contribution in [0.15, 0.2) is 12.4 Å². The number of hydrogen-bond donors (Lipinski definition) is 4. The summed E-state index contributed by atoms with van der Waals surface area (Å²) in [5.74, 6) is -0.637. The fourth-order valence-electron chi connectivity index (χ4n) is 1.20. The standard InChI is InChI=1S/C9H15N5O2/c10-8(16)9(11,12)3-1-2-6(15)7-13-4-5-14-7/h4-5H,1-3,11-12H2,(H2,10,16)(H,13,14). The molecule has 0 fully saturated rings. The summed E-state index contributed by atoms with van der Waals surface area (Å²) in [5, 5.41) is 0. The van der Waals surface area contributed by atoms with E-state index < -0.39 is 11.6 Å². The summed E-state index contributed by atoms with van der Waals surface area (Å²) in [7, 11) is 0. The normalized spacial score (nSPS) is 11.4. The number of carbonyl (C=O) groups excluding carboxylic acids is 2. The molecular weight excluding hydrogens is 210 g/mol. The second-order valence-corrected chi connectivity index (χ2v) is 3.62. The largest absolute Gasteiger partial charge is 0.367 e. The topological polar surface area (TPSA) is 141 Å². The highest BCUT2D eigenvalue weighted by molar-refractivity contribution is 5.92. The molecule has 1 aromatic heterocycles. The van der Waals surface area contributed by atoms with Gasteiger partial charge in [-0.3, -0.25) is 9.59 Å². The van der Waals surface area contributed by atoms with Crippen molar-refractivity contribution >= 4 is 11.7 Å². The van der Waals surface area contributed by atoms with Crippen LogP contribution in [0.4, 0.5) is 0 Å². The summed E-state index contributed by atoms with van der Waals surface area (Å²) in [5.41, 5.74) is 14.3. The predicted octanol–water partition coefficient (Wildman–Crippen LogP) is -1.14. The third-order valence-corrected chi connectivity index (χ3v) is 2.22. The number of carbonyl (C=O) groups is 2. The van der Waals surface area contributed by atoms with Gasteiger partial charge in [0.1, 0.15) is 5.66 Å². The summed E-state index contributed by atoms with van der Waals surface area (Å²) in [4.78, 5) is 28.8. The van der Waals surface area contributed by atoms with E-state index in [1.807, 2.05) is 0 Å². The van der Waals surface area contributed by atoms with Crippen molar-refractivity contribution < 1.29 is 9.59 Å². The molecular formula is C9H15N5O2. The zero-order chi connectivity index (χ0) is 12.2. The number of ketones is 1. The van der Waals surface area contributed by atoms with Crippen molar-refractivity contribution in [1.29, 1.82) is 0 Å². The fourth-order valence-corrected chi connectivity index (χ4v) is 1.20. The first kappa shape index (κ1) is 12.3. The summed E-state index contributed by atoms with van der Waals surface area (Å²) in [6, 6.07) is 0. The minimum Gasteiger partial charge on any atom is -0.367 e. The van der Waals surface area contributed by atoms with Crippen LogP contribution in [0.1, 0.15) is 29.9 Å². The smallest absolute Gasteiger partial charge is 0.252 e. The molecule has 0 saturated carbocycles. The van der Waals surface area contributed by atoms with Crippen molar-refractivity contribution in [3.63, 3.8) is 0 Å². The Bertz CT molecular complexity index is 371. The number of nitrogens with zero attached hydrogens (tertiary/aromatic N) is 1. The first-order valence-electron chi connectivity index (χ1n) is 4.84. The maximum atomic E-state index is 11.5. The number of nitrogens with one attached hydrogen (secondary N) is 1. The maximum Gasteiger partial charge on any atom is 0.252 e. The van der Waals surface area contributed by atoms with Crippen LogP contribution in [0.5, 0.6) is 0 Å². The van der Waals surface area contributed by atoms with Gasteiger partial charge in [-0.05, 0) is 12.8 Å². The molecule has 1 aromatic rings. The van der Waals surface area contributed by atoms with Crippen molar-refractivity contribution in [3.8, 4) is 0 Å². The molecule has 0 spiro atoms. The first-order valence-corrected chi connectivity index (χ1v) is 4.84. The van der Waals surface area contributed by atoms with Crippen molar-refractivity contribution in [3.05, 3.63) is 18.2 Å². The SMILES string of the molecule is NC(=O)C(N)(N)CCCC(=O)c1ncc[nH]1. The molecule has 1 heterocycles. The lowest BCUT2D eigenvalue weighted by Gasteiger charge is -2.19. The van der Waals surface area contributed by atoms with Gasteiger partial charge < -0.3 is 22.2 Å². The van der Waals surface area contributed by atoms with E-state index in [0.29, 0.717) is 12.2 Å². The van der Waals surface area contributed by atoms with E-state index in [0.717, 1.165) is 0 Å². The molecule has 7 heteroatoms. The molecule has 1 rings (SSSR count). The molecule has 7 N–H and O–H groups in total. The second-order valence-electron chi connectivity index (χ2n) is 3.62. The Labute approximate surface area is 92.4 Å². The van der Waals surface area contributed by atoms with E-state index in [9.17, 15) is 9.59 Å². The Morgan fingerprint density at radius 1 is 1.44 bits per heavy atom. The molecule has 88 valence electrons. The van der Waals surface area contributed by atoms with Gasteiger partial charge in [-0.1, -0.05) is 0 Å². The molecule has 0 atom stereocenters. The van der Waals surface area contributed by atoms with Crippen molar-refractivity contribution in [2.45, 2.75) is 24.9 Å². The number of H-pyrrole nitrogens is 1. The van der Waals surface area contributed by atoms with Gasteiger partial charge in [0, 0.05) is 18.8 Å². The van der Waals surface area contributed by atoms with E-state index in [4.69, 9.17) is 17.2 Å². The van der Waals surface area contributed by atoms with Gasteiger partial charge in [-0.25, -0.2) is 4.98 Å². The number of aromatic amines is 1. The number of aromatic nitrogens is 2. The highest BCUT2D eigenvalue weighted by Crippen LogP contribution is 2.07. The molecule has 0 aliphatic heterocycles. The third-order valence-electron chi connectivity index (χ3n) is 2.22. The van der Waals surface area contributed by atoms with Crippen LogP contribution < -0.4 is 17.2 Å². The number of hydrogen-bond acceptors (Lipinski definition) is 5. The zero-order valence-electron chi connectivity index (χ0n) is 8.77. The van der Waals surface area contributed by atoms with Crippen LogP contribution in [0.2, 0.25) is 0 Å². The zero-order valence-corrected chi connectivity index (χ0v) is 8.77. The fraction of sp³-hybridized carbons (Fsp3) is 0.444. The Balaban J connectivity index is 2.37. The Hall–Kier alpha value is -1.73. The van der Waals surface area contributed by atoms with E-state index in [-0.39, 0.29) is 18.6 Å². The lowest BCUT2D eigenvalue weighted by molar-refractivity contribution is -0.123. The van der Waals surface area contributed by atoms with E-state index in [2.05, 4.69) is 9.97 Å². The Morgan fingerprint density at radius 2 is 2.12 bits per heavy atom. The number of rotatable bonds is 6. The van der Waals surface area contributed by atoms with Crippen LogP contribution in [0.25, 0.3) is 0 Å². The average Bonchev–Trinajstić information content (AvgIpc) is 2.69. The van der Waals surface area contributed by atoms with Crippen LogP contribution in [-0.2, 0) is 4.79 Å². The first-order chi connectivity index (χ1) is 7.43. The predicted molar refractivity (Wildman–Crippen MR) is 57.1 cm³/mol. The van der Waals surface area contributed by atoms with Gasteiger partial charge in [0.25, 0.3) is 5.91 Å². The van der Waals surface area contributed by atoms with E-state index in [1.165, 1.54) is 6.20 Å². The molecule has 0 aliphatic carbocycles.